The molecule has 162 valence electrons. The standard InChI is InChI=1S/C20H20N4O5S2/c1-11-17(30-16(22-11)15-8-13-4-2-3-5-14(13)29-15)31(27,28)21-10-12-6-7-20(9-12)18(25)23-19(26)24-20/h2-5,8,12,21H,6-7,9-10H2,1H3,(H2,23,24,25,26). The van der Waals surface area contributed by atoms with Crippen molar-refractivity contribution in [2.24, 2.45) is 5.92 Å². The lowest BCUT2D eigenvalue weighted by molar-refractivity contribution is -0.123. The summed E-state index contributed by atoms with van der Waals surface area (Å²) in [7, 11) is -3.78. The van der Waals surface area contributed by atoms with Gasteiger partial charge in [0.25, 0.3) is 15.9 Å². The lowest BCUT2D eigenvalue weighted by atomic mass is 9.96. The van der Waals surface area contributed by atoms with Crippen LogP contribution in [0, 0.1) is 12.8 Å². The molecule has 3 N–H and O–H groups in total. The number of hydrogen-bond donors (Lipinski definition) is 3. The molecule has 0 radical (unpaired) electrons. The molecule has 1 aliphatic carbocycles. The van der Waals surface area contributed by atoms with Gasteiger partial charge in [-0.05, 0) is 44.2 Å². The van der Waals surface area contributed by atoms with Crippen molar-refractivity contribution in [2.75, 3.05) is 6.54 Å². The van der Waals surface area contributed by atoms with Gasteiger partial charge in [0.1, 0.15) is 11.1 Å². The Bertz CT molecular complexity index is 1280. The molecule has 1 saturated heterocycles. The van der Waals surface area contributed by atoms with Crippen LogP contribution in [0.5, 0.6) is 0 Å². The molecule has 11 heteroatoms. The average molecular weight is 461 g/mol. The van der Waals surface area contributed by atoms with Gasteiger partial charge in [-0.2, -0.15) is 0 Å². The van der Waals surface area contributed by atoms with Crippen molar-refractivity contribution in [1.29, 1.82) is 0 Å². The minimum absolute atomic E-state index is 0.0537. The molecule has 1 spiro atoms. The molecule has 2 atom stereocenters. The minimum Gasteiger partial charge on any atom is -0.454 e. The van der Waals surface area contributed by atoms with Crippen LogP contribution in [0.25, 0.3) is 21.7 Å². The highest BCUT2D eigenvalue weighted by Gasteiger charge is 2.50. The van der Waals surface area contributed by atoms with E-state index in [-0.39, 0.29) is 22.6 Å². The lowest BCUT2D eigenvalue weighted by Crippen LogP contribution is -2.44. The summed E-state index contributed by atoms with van der Waals surface area (Å²) in [5, 5.41) is 6.37. The molecule has 1 aliphatic heterocycles. The quantitative estimate of drug-likeness (QED) is 0.502. The number of benzene rings is 1. The molecule has 9 nitrogen and oxygen atoms in total. The topological polar surface area (TPSA) is 130 Å². The Morgan fingerprint density at radius 3 is 2.87 bits per heavy atom. The predicted octanol–water partition coefficient (Wildman–Crippen LogP) is 2.52. The number of furan rings is 1. The van der Waals surface area contributed by atoms with Crippen molar-refractivity contribution in [3.05, 3.63) is 36.0 Å². The van der Waals surface area contributed by atoms with Gasteiger partial charge in [-0.25, -0.2) is 22.9 Å². The summed E-state index contributed by atoms with van der Waals surface area (Å²) in [6.45, 7) is 1.84. The first-order valence-electron chi connectivity index (χ1n) is 9.85. The number of fused-ring (bicyclic) bond motifs is 1. The first kappa shape index (κ1) is 20.2. The summed E-state index contributed by atoms with van der Waals surface area (Å²) < 4.78 is 34.5. The first-order chi connectivity index (χ1) is 14.8. The number of rotatable bonds is 5. The number of nitrogens with zero attached hydrogens (tertiary/aromatic N) is 1. The second kappa shape index (κ2) is 7.14. The Kier molecular flexibility index (Phi) is 4.65. The molecule has 2 aliphatic rings. The van der Waals surface area contributed by atoms with Gasteiger partial charge in [0.15, 0.2) is 15.0 Å². The molecule has 0 bridgehead atoms. The fourth-order valence-electron chi connectivity index (χ4n) is 4.29. The Labute approximate surface area is 182 Å². The van der Waals surface area contributed by atoms with Crippen molar-refractivity contribution in [2.45, 2.75) is 35.9 Å². The maximum atomic E-state index is 12.9. The van der Waals surface area contributed by atoms with Gasteiger partial charge in [0.05, 0.1) is 5.69 Å². The van der Waals surface area contributed by atoms with Gasteiger partial charge in [-0.15, -0.1) is 0 Å². The molecular formula is C20H20N4O5S2. The number of hydrogen-bond acceptors (Lipinski definition) is 7. The van der Waals surface area contributed by atoms with Crippen LogP contribution in [0.4, 0.5) is 4.79 Å². The van der Waals surface area contributed by atoms with E-state index in [4.69, 9.17) is 4.42 Å². The summed E-state index contributed by atoms with van der Waals surface area (Å²) in [4.78, 5) is 27.9. The van der Waals surface area contributed by atoms with Gasteiger partial charge in [0, 0.05) is 11.9 Å². The Balaban J connectivity index is 1.31. The number of para-hydroxylation sites is 1. The lowest BCUT2D eigenvalue weighted by Gasteiger charge is -2.19. The zero-order valence-electron chi connectivity index (χ0n) is 16.6. The van der Waals surface area contributed by atoms with E-state index in [1.54, 1.807) is 6.92 Å². The Morgan fingerprint density at radius 1 is 1.32 bits per heavy atom. The minimum atomic E-state index is -3.78. The normalized spacial score (nSPS) is 23.6. The second-order valence-electron chi connectivity index (χ2n) is 7.99. The molecule has 3 aromatic rings. The number of aryl methyl sites for hydroxylation is 1. The van der Waals surface area contributed by atoms with E-state index in [0.29, 0.717) is 41.3 Å². The summed E-state index contributed by atoms with van der Waals surface area (Å²) in [5.74, 6) is 0.134. The molecule has 3 amide bonds. The maximum Gasteiger partial charge on any atom is 0.322 e. The van der Waals surface area contributed by atoms with Crippen LogP contribution >= 0.6 is 11.3 Å². The van der Waals surface area contributed by atoms with Crippen LogP contribution in [0.3, 0.4) is 0 Å². The number of carbonyl (C=O) groups excluding carboxylic acids is 2. The monoisotopic (exact) mass is 460 g/mol. The predicted molar refractivity (Wildman–Crippen MR) is 114 cm³/mol. The van der Waals surface area contributed by atoms with E-state index in [1.807, 2.05) is 30.3 Å². The van der Waals surface area contributed by atoms with Crippen LogP contribution < -0.4 is 15.4 Å². The van der Waals surface area contributed by atoms with Gasteiger partial charge in [-0.1, -0.05) is 29.5 Å². The van der Waals surface area contributed by atoms with E-state index in [9.17, 15) is 18.0 Å². The van der Waals surface area contributed by atoms with E-state index < -0.39 is 21.6 Å². The Hall–Kier alpha value is -2.76. The zero-order chi connectivity index (χ0) is 21.8. The maximum absolute atomic E-state index is 12.9. The van der Waals surface area contributed by atoms with E-state index in [2.05, 4.69) is 20.3 Å². The van der Waals surface area contributed by atoms with Crippen molar-refractivity contribution in [1.82, 2.24) is 20.3 Å². The number of carbonyl (C=O) groups is 2. The highest BCUT2D eigenvalue weighted by Crippen LogP contribution is 2.37. The van der Waals surface area contributed by atoms with E-state index in [1.165, 1.54) is 0 Å². The Morgan fingerprint density at radius 2 is 2.13 bits per heavy atom. The summed E-state index contributed by atoms with van der Waals surface area (Å²) >= 11 is 1.06. The fourth-order valence-corrected chi connectivity index (χ4v) is 6.91. The fraction of sp³-hybridized carbons (Fsp3) is 0.350. The van der Waals surface area contributed by atoms with Crippen LogP contribution in [0.15, 0.2) is 39.0 Å². The van der Waals surface area contributed by atoms with Gasteiger partial charge >= 0.3 is 6.03 Å². The summed E-state index contributed by atoms with van der Waals surface area (Å²) in [6, 6.07) is 8.89. The third kappa shape index (κ3) is 3.52. The third-order valence-corrected chi connectivity index (χ3v) is 9.03. The number of thiazole rings is 1. The van der Waals surface area contributed by atoms with Gasteiger partial charge < -0.3 is 9.73 Å². The molecule has 5 rings (SSSR count). The van der Waals surface area contributed by atoms with E-state index >= 15 is 0 Å². The second-order valence-corrected chi connectivity index (χ2v) is 11.0. The molecule has 1 aromatic carbocycles. The van der Waals surface area contributed by atoms with Crippen molar-refractivity contribution < 1.29 is 22.4 Å². The smallest absolute Gasteiger partial charge is 0.322 e. The SMILES string of the molecule is Cc1nc(-c2cc3ccccc3o2)sc1S(=O)(=O)NCC1CCC2(C1)NC(=O)NC2=O. The van der Waals surface area contributed by atoms with Gasteiger partial charge in [0.2, 0.25) is 0 Å². The van der Waals surface area contributed by atoms with Gasteiger partial charge in [-0.3, -0.25) is 10.1 Å². The zero-order valence-corrected chi connectivity index (χ0v) is 18.2. The van der Waals surface area contributed by atoms with E-state index in [0.717, 1.165) is 16.7 Å². The highest BCUT2D eigenvalue weighted by atomic mass is 32.2. The van der Waals surface area contributed by atoms with Crippen LogP contribution in [0.2, 0.25) is 0 Å². The van der Waals surface area contributed by atoms with Crippen LogP contribution in [0.1, 0.15) is 25.0 Å². The largest absolute Gasteiger partial charge is 0.454 e. The number of nitrogens with one attached hydrogen (secondary N) is 3. The average Bonchev–Trinajstić information content (AvgIpc) is 3.47. The number of sulfonamides is 1. The van der Waals surface area contributed by atoms with Crippen molar-refractivity contribution >= 4 is 44.3 Å². The van der Waals surface area contributed by atoms with Crippen LogP contribution in [-0.4, -0.2) is 37.4 Å². The van der Waals surface area contributed by atoms with Crippen LogP contribution in [-0.2, 0) is 14.8 Å². The molecule has 2 fully saturated rings. The number of urea groups is 1. The van der Waals surface area contributed by atoms with Crippen molar-refractivity contribution in [3.8, 4) is 10.8 Å². The molecule has 2 aromatic heterocycles. The van der Waals surface area contributed by atoms with Crippen molar-refractivity contribution in [3.63, 3.8) is 0 Å². The summed E-state index contributed by atoms with van der Waals surface area (Å²) in [5.41, 5.74) is 0.201. The number of amides is 3. The molecule has 3 heterocycles. The number of imide groups is 1. The summed E-state index contributed by atoms with van der Waals surface area (Å²) in [6.07, 6.45) is 1.54. The number of aromatic nitrogens is 1. The molecular weight excluding hydrogens is 440 g/mol. The molecule has 1 saturated carbocycles. The highest BCUT2D eigenvalue weighted by molar-refractivity contribution is 7.91. The third-order valence-electron chi connectivity index (χ3n) is 5.83. The molecule has 2 unspecified atom stereocenters. The first-order valence-corrected chi connectivity index (χ1v) is 12.2. The molecule has 31 heavy (non-hydrogen) atoms.